The minimum Gasteiger partial charge on any atom is -0.497 e. The Morgan fingerprint density at radius 2 is 2.03 bits per heavy atom. The first-order valence-electron chi connectivity index (χ1n) is 11.2. The number of unbranched alkanes of at least 4 members (excludes halogenated alkanes) is 1. The normalized spacial score (nSPS) is 15.6. The van der Waals surface area contributed by atoms with Crippen LogP contribution in [0.25, 0.3) is 5.70 Å². The highest BCUT2D eigenvalue weighted by Crippen LogP contribution is 2.37. The summed E-state index contributed by atoms with van der Waals surface area (Å²) in [5.74, 6) is 3.32. The predicted molar refractivity (Wildman–Crippen MR) is 130 cm³/mol. The molecule has 0 atom stereocenters. The monoisotopic (exact) mass is 430 g/mol. The molecule has 0 saturated heterocycles. The summed E-state index contributed by atoms with van der Waals surface area (Å²) in [7, 11) is 1.68. The van der Waals surface area contributed by atoms with Gasteiger partial charge in [0.25, 0.3) is 0 Å². The van der Waals surface area contributed by atoms with Crippen LogP contribution in [0, 0.1) is 5.92 Å². The molecule has 1 fully saturated rings. The van der Waals surface area contributed by atoms with Crippen LogP contribution in [0.1, 0.15) is 78.7 Å². The number of nitrogens with zero attached hydrogens (tertiary/aromatic N) is 1. The van der Waals surface area contributed by atoms with Gasteiger partial charge in [0.2, 0.25) is 5.91 Å². The van der Waals surface area contributed by atoms with Gasteiger partial charge in [0, 0.05) is 5.56 Å². The van der Waals surface area contributed by atoms with Crippen LogP contribution in [-0.4, -0.2) is 29.4 Å². The summed E-state index contributed by atoms with van der Waals surface area (Å²) in [6.07, 6.45) is 6.81. The lowest BCUT2D eigenvalue weighted by atomic mass is 9.99. The summed E-state index contributed by atoms with van der Waals surface area (Å²) in [6.45, 7) is 10.3. The highest BCUT2D eigenvalue weighted by Gasteiger charge is 2.32. The third-order valence-electron chi connectivity index (χ3n) is 5.43. The van der Waals surface area contributed by atoms with Gasteiger partial charge in [-0.3, -0.25) is 4.79 Å². The summed E-state index contributed by atoms with van der Waals surface area (Å²) in [5.41, 5.74) is 3.28. The number of amides is 1. The number of hydrogen-bond acceptors (Lipinski definition) is 4. The van der Waals surface area contributed by atoms with E-state index in [4.69, 9.17) is 9.73 Å². The molecule has 1 aromatic carbocycles. The number of hydrogen-bond donors (Lipinski definition) is 1. The van der Waals surface area contributed by atoms with Gasteiger partial charge in [-0.15, -0.1) is 11.8 Å². The number of benzene rings is 1. The molecule has 1 saturated carbocycles. The smallest absolute Gasteiger partial charge is 0.240 e. The fraction of sp³-hybridized carbons (Fsp3) is 0.600. The van der Waals surface area contributed by atoms with Crippen molar-refractivity contribution < 1.29 is 9.53 Å². The molecule has 0 aromatic heterocycles. The number of nitrogens with one attached hydrogen (secondary N) is 1. The Balaban J connectivity index is 2.26. The molecule has 2 rings (SSSR count). The lowest BCUT2D eigenvalue weighted by Crippen LogP contribution is -2.42. The van der Waals surface area contributed by atoms with Crippen LogP contribution in [0.5, 0.6) is 5.75 Å². The number of amidine groups is 1. The zero-order valence-electron chi connectivity index (χ0n) is 19.5. The van der Waals surface area contributed by atoms with Crippen LogP contribution >= 0.6 is 11.8 Å². The number of methoxy groups -OCH3 is 1. The average molecular weight is 431 g/mol. The van der Waals surface area contributed by atoms with Crippen molar-refractivity contribution in [3.05, 3.63) is 35.4 Å². The van der Waals surface area contributed by atoms with E-state index < -0.39 is 4.75 Å². The molecule has 0 bridgehead atoms. The Morgan fingerprint density at radius 3 is 2.63 bits per heavy atom. The number of allylic oxidation sites excluding steroid dienone is 1. The van der Waals surface area contributed by atoms with Gasteiger partial charge in [-0.2, -0.15) is 0 Å². The van der Waals surface area contributed by atoms with E-state index in [0.29, 0.717) is 5.84 Å². The number of rotatable bonds is 11. The molecule has 4 nitrogen and oxygen atoms in total. The second-order valence-corrected chi connectivity index (χ2v) is 10.2. The molecule has 0 unspecified atom stereocenters. The Hall–Kier alpha value is -1.75. The second kappa shape index (κ2) is 11.6. The van der Waals surface area contributed by atoms with Crippen molar-refractivity contribution in [2.24, 2.45) is 10.9 Å². The summed E-state index contributed by atoms with van der Waals surface area (Å²) in [6, 6.07) is 8.01. The van der Waals surface area contributed by atoms with Crippen molar-refractivity contribution in [2.75, 3.05) is 12.9 Å². The van der Waals surface area contributed by atoms with E-state index in [-0.39, 0.29) is 5.91 Å². The Kier molecular flexibility index (Phi) is 9.47. The summed E-state index contributed by atoms with van der Waals surface area (Å²) in [5, 5.41) is 3.05. The largest absolute Gasteiger partial charge is 0.497 e. The van der Waals surface area contributed by atoms with Crippen molar-refractivity contribution in [3.8, 4) is 5.75 Å². The first-order valence-corrected chi connectivity index (χ1v) is 12.2. The van der Waals surface area contributed by atoms with Crippen molar-refractivity contribution in [2.45, 2.75) is 77.9 Å². The SMILES string of the molecule is CCCCC(CC)=C(N=C(C)NC(=O)C(C)(C)SCC1CC1)c1cccc(OC)c1. The van der Waals surface area contributed by atoms with E-state index in [0.717, 1.165) is 54.4 Å². The van der Waals surface area contributed by atoms with Gasteiger partial charge >= 0.3 is 0 Å². The molecule has 5 heteroatoms. The number of ether oxygens (including phenoxy) is 1. The summed E-state index contributed by atoms with van der Waals surface area (Å²) in [4.78, 5) is 17.8. The third-order valence-corrected chi connectivity index (χ3v) is 6.98. The van der Waals surface area contributed by atoms with Crippen LogP contribution in [-0.2, 0) is 4.79 Å². The van der Waals surface area contributed by atoms with Gasteiger partial charge in [0.05, 0.1) is 17.6 Å². The van der Waals surface area contributed by atoms with Crippen molar-refractivity contribution in [1.82, 2.24) is 5.32 Å². The summed E-state index contributed by atoms with van der Waals surface area (Å²) < 4.78 is 4.96. The maximum atomic E-state index is 12.9. The van der Waals surface area contributed by atoms with E-state index in [1.54, 1.807) is 18.9 Å². The van der Waals surface area contributed by atoms with Crippen LogP contribution in [0.2, 0.25) is 0 Å². The number of carbonyl (C=O) groups excluding carboxylic acids is 1. The zero-order valence-corrected chi connectivity index (χ0v) is 20.3. The van der Waals surface area contributed by atoms with Crippen LogP contribution in [0.3, 0.4) is 0 Å². The van der Waals surface area contributed by atoms with Crippen LogP contribution < -0.4 is 10.1 Å². The highest BCUT2D eigenvalue weighted by atomic mass is 32.2. The van der Waals surface area contributed by atoms with Gasteiger partial charge in [-0.25, -0.2) is 4.99 Å². The standard InChI is InChI=1S/C25H38N2O2S/c1-7-9-11-20(8-2)23(21-12-10-13-22(16-21)29-6)26-18(3)27-24(28)25(4,5)30-17-19-14-15-19/h10,12-13,16,19H,7-9,11,14-15,17H2,1-6H3,(H,26,27,28). The van der Waals surface area contributed by atoms with E-state index in [1.165, 1.54) is 18.4 Å². The van der Waals surface area contributed by atoms with Gasteiger partial charge < -0.3 is 10.1 Å². The van der Waals surface area contributed by atoms with Crippen molar-refractivity contribution >= 4 is 29.2 Å². The number of carbonyl (C=O) groups is 1. The molecule has 1 aliphatic carbocycles. The fourth-order valence-electron chi connectivity index (χ4n) is 3.16. The second-order valence-electron chi connectivity index (χ2n) is 8.56. The minimum atomic E-state index is -0.463. The maximum Gasteiger partial charge on any atom is 0.240 e. The molecular formula is C25H38N2O2S. The van der Waals surface area contributed by atoms with E-state index in [2.05, 4.69) is 25.2 Å². The highest BCUT2D eigenvalue weighted by molar-refractivity contribution is 8.01. The van der Waals surface area contributed by atoms with E-state index in [1.807, 2.05) is 39.0 Å². The maximum absolute atomic E-state index is 12.9. The molecule has 30 heavy (non-hydrogen) atoms. The van der Waals surface area contributed by atoms with Crippen molar-refractivity contribution in [3.63, 3.8) is 0 Å². The minimum absolute atomic E-state index is 0.0194. The molecular weight excluding hydrogens is 392 g/mol. The Morgan fingerprint density at radius 1 is 1.30 bits per heavy atom. The molecule has 166 valence electrons. The molecule has 0 heterocycles. The molecule has 1 N–H and O–H groups in total. The fourth-order valence-corrected chi connectivity index (χ4v) is 4.33. The first-order chi connectivity index (χ1) is 14.3. The molecule has 0 spiro atoms. The average Bonchev–Trinajstić information content (AvgIpc) is 3.56. The van der Waals surface area contributed by atoms with E-state index >= 15 is 0 Å². The molecule has 1 amide bonds. The van der Waals surface area contributed by atoms with Crippen molar-refractivity contribution in [1.29, 1.82) is 0 Å². The van der Waals surface area contributed by atoms with Gasteiger partial charge in [-0.05, 0) is 82.3 Å². The number of thioether (sulfide) groups is 1. The molecule has 0 radical (unpaired) electrons. The molecule has 1 aromatic rings. The first kappa shape index (κ1) is 24.5. The summed E-state index contributed by atoms with van der Waals surface area (Å²) >= 11 is 1.75. The van der Waals surface area contributed by atoms with Gasteiger partial charge in [0.15, 0.2) is 0 Å². The topological polar surface area (TPSA) is 50.7 Å². The quantitative estimate of drug-likeness (QED) is 0.324. The Labute approximate surface area is 187 Å². The molecule has 0 aliphatic heterocycles. The molecule has 1 aliphatic rings. The zero-order chi connectivity index (χ0) is 22.1. The third kappa shape index (κ3) is 7.50. The van der Waals surface area contributed by atoms with Crippen LogP contribution in [0.15, 0.2) is 34.8 Å². The van der Waals surface area contributed by atoms with Crippen LogP contribution in [0.4, 0.5) is 0 Å². The lowest BCUT2D eigenvalue weighted by molar-refractivity contribution is -0.121. The number of aliphatic imine (C=N–C) groups is 1. The Bertz CT molecular complexity index is 779. The van der Waals surface area contributed by atoms with Gasteiger partial charge in [0.1, 0.15) is 11.6 Å². The van der Waals surface area contributed by atoms with Gasteiger partial charge in [-0.1, -0.05) is 32.4 Å². The van der Waals surface area contributed by atoms with E-state index in [9.17, 15) is 4.79 Å². The lowest BCUT2D eigenvalue weighted by Gasteiger charge is -2.23. The predicted octanol–water partition coefficient (Wildman–Crippen LogP) is 6.46.